The van der Waals surface area contributed by atoms with E-state index in [-0.39, 0.29) is 0 Å². The predicted molar refractivity (Wildman–Crippen MR) is 73.4 cm³/mol. The molecule has 0 bridgehead atoms. The molecule has 0 aliphatic carbocycles. The Morgan fingerprint density at radius 1 is 1.50 bits per heavy atom. The summed E-state index contributed by atoms with van der Waals surface area (Å²) in [5, 5.41) is 14.3. The Bertz CT molecular complexity index is 403. The lowest BCUT2D eigenvalue weighted by atomic mass is 9.88. The van der Waals surface area contributed by atoms with Crippen molar-refractivity contribution >= 4 is 11.6 Å². The molecule has 1 aliphatic rings. The largest absolute Gasteiger partial charge is 0.495 e. The minimum absolute atomic E-state index is 0.565. The fourth-order valence-corrected chi connectivity index (χ4v) is 2.69. The average molecular weight is 270 g/mol. The van der Waals surface area contributed by atoms with E-state index in [9.17, 15) is 5.11 Å². The first-order chi connectivity index (χ1) is 8.63. The van der Waals surface area contributed by atoms with Crippen LogP contribution >= 0.6 is 11.6 Å². The lowest BCUT2D eigenvalue weighted by Gasteiger charge is -2.32. The first kappa shape index (κ1) is 13.7. The van der Waals surface area contributed by atoms with Gasteiger partial charge in [0.1, 0.15) is 5.75 Å². The number of hydrogen-bond donors (Lipinski definition) is 2. The molecule has 18 heavy (non-hydrogen) atoms. The van der Waals surface area contributed by atoms with E-state index in [4.69, 9.17) is 16.3 Å². The third-order valence-corrected chi connectivity index (χ3v) is 3.84. The van der Waals surface area contributed by atoms with Gasteiger partial charge in [0.15, 0.2) is 0 Å². The second-order valence-electron chi connectivity index (χ2n) is 4.97. The maximum Gasteiger partial charge on any atom is 0.137 e. The second-order valence-corrected chi connectivity index (χ2v) is 5.38. The van der Waals surface area contributed by atoms with Gasteiger partial charge in [-0.2, -0.15) is 0 Å². The van der Waals surface area contributed by atoms with E-state index in [1.807, 2.05) is 18.2 Å². The molecule has 2 rings (SSSR count). The zero-order valence-electron chi connectivity index (χ0n) is 10.7. The molecule has 0 radical (unpaired) electrons. The van der Waals surface area contributed by atoms with E-state index >= 15 is 0 Å². The number of aliphatic hydroxyl groups is 1. The molecule has 0 amide bonds. The standard InChI is InChI=1S/C14H20ClNO2/c1-18-13-4-3-11(9-12(13)15)5-7-14(17)6-2-8-16-10-14/h3-4,9,16-17H,2,5-8,10H2,1H3. The van der Waals surface area contributed by atoms with Gasteiger partial charge in [-0.15, -0.1) is 0 Å². The molecule has 2 N–H and O–H groups in total. The number of methoxy groups -OCH3 is 1. The first-order valence-corrected chi connectivity index (χ1v) is 6.76. The van der Waals surface area contributed by atoms with Crippen molar-refractivity contribution in [1.82, 2.24) is 5.32 Å². The van der Waals surface area contributed by atoms with Crippen LogP contribution in [0.25, 0.3) is 0 Å². The zero-order valence-corrected chi connectivity index (χ0v) is 11.5. The molecule has 1 fully saturated rings. The summed E-state index contributed by atoms with van der Waals surface area (Å²) in [7, 11) is 1.61. The Kier molecular flexibility index (Phi) is 4.49. The van der Waals surface area contributed by atoms with Crippen LogP contribution in [0.2, 0.25) is 5.02 Å². The maximum absolute atomic E-state index is 10.4. The summed E-state index contributed by atoms with van der Waals surface area (Å²) in [5.74, 6) is 0.693. The number of nitrogens with one attached hydrogen (secondary N) is 1. The van der Waals surface area contributed by atoms with E-state index in [1.54, 1.807) is 7.11 Å². The van der Waals surface area contributed by atoms with Gasteiger partial charge < -0.3 is 15.2 Å². The molecule has 100 valence electrons. The highest BCUT2D eigenvalue weighted by atomic mass is 35.5. The SMILES string of the molecule is COc1ccc(CCC2(O)CCCNC2)cc1Cl. The fourth-order valence-electron chi connectivity index (χ4n) is 2.41. The highest BCUT2D eigenvalue weighted by Crippen LogP contribution is 2.27. The van der Waals surface area contributed by atoms with Gasteiger partial charge in [-0.1, -0.05) is 17.7 Å². The third kappa shape index (κ3) is 3.37. The molecule has 1 aromatic carbocycles. The molecule has 1 aliphatic heterocycles. The Labute approximate surface area is 113 Å². The van der Waals surface area contributed by atoms with Crippen LogP contribution in [0.1, 0.15) is 24.8 Å². The summed E-state index contributed by atoms with van der Waals surface area (Å²) in [4.78, 5) is 0. The molecule has 3 nitrogen and oxygen atoms in total. The Morgan fingerprint density at radius 3 is 2.94 bits per heavy atom. The molecular weight excluding hydrogens is 250 g/mol. The van der Waals surface area contributed by atoms with Crippen molar-refractivity contribution in [2.75, 3.05) is 20.2 Å². The summed E-state index contributed by atoms with van der Waals surface area (Å²) in [6, 6.07) is 5.80. The number of piperidine rings is 1. The van der Waals surface area contributed by atoms with Gasteiger partial charge >= 0.3 is 0 Å². The predicted octanol–water partition coefficient (Wildman–Crippen LogP) is 2.40. The van der Waals surface area contributed by atoms with Crippen LogP contribution < -0.4 is 10.1 Å². The van der Waals surface area contributed by atoms with Crippen LogP contribution in [0, 0.1) is 0 Å². The van der Waals surface area contributed by atoms with Gasteiger partial charge in [0.25, 0.3) is 0 Å². The quantitative estimate of drug-likeness (QED) is 0.882. The van der Waals surface area contributed by atoms with E-state index in [1.165, 1.54) is 0 Å². The molecule has 0 saturated carbocycles. The minimum Gasteiger partial charge on any atom is -0.495 e. The number of hydrogen-bond acceptors (Lipinski definition) is 3. The van der Waals surface area contributed by atoms with Crippen LogP contribution in [-0.4, -0.2) is 30.9 Å². The number of β-amino-alcohol motifs (C(OH)–C–C–N with tert-alkyl or cyclic N) is 1. The summed E-state index contributed by atoms with van der Waals surface area (Å²) in [6.45, 7) is 1.70. The normalized spacial score (nSPS) is 23.9. The van der Waals surface area contributed by atoms with Crippen LogP contribution in [0.3, 0.4) is 0 Å². The molecule has 1 unspecified atom stereocenters. The lowest BCUT2D eigenvalue weighted by Crippen LogP contribution is -2.45. The van der Waals surface area contributed by atoms with Crippen molar-refractivity contribution in [3.05, 3.63) is 28.8 Å². The monoisotopic (exact) mass is 269 g/mol. The number of halogens is 1. The Hall–Kier alpha value is -0.770. The lowest BCUT2D eigenvalue weighted by molar-refractivity contribution is 0.00888. The summed E-state index contributed by atoms with van der Waals surface area (Å²) < 4.78 is 5.12. The van der Waals surface area contributed by atoms with Gasteiger partial charge in [0.2, 0.25) is 0 Å². The molecule has 1 saturated heterocycles. The maximum atomic E-state index is 10.4. The summed E-state index contributed by atoms with van der Waals surface area (Å²) in [6.07, 6.45) is 3.52. The van der Waals surface area contributed by atoms with Crippen molar-refractivity contribution in [3.63, 3.8) is 0 Å². The fraction of sp³-hybridized carbons (Fsp3) is 0.571. The van der Waals surface area contributed by atoms with E-state index in [2.05, 4.69) is 5.32 Å². The molecule has 0 aromatic heterocycles. The first-order valence-electron chi connectivity index (χ1n) is 6.38. The highest BCUT2D eigenvalue weighted by molar-refractivity contribution is 6.32. The molecular formula is C14H20ClNO2. The van der Waals surface area contributed by atoms with Crippen LogP contribution in [-0.2, 0) is 6.42 Å². The number of aryl methyl sites for hydroxylation is 1. The molecule has 1 heterocycles. The summed E-state index contributed by atoms with van der Waals surface area (Å²) in [5.41, 5.74) is 0.574. The summed E-state index contributed by atoms with van der Waals surface area (Å²) >= 11 is 6.09. The van der Waals surface area contributed by atoms with Gasteiger partial charge in [0, 0.05) is 6.54 Å². The minimum atomic E-state index is -0.565. The number of rotatable bonds is 4. The number of ether oxygens (including phenoxy) is 1. The molecule has 1 atom stereocenters. The molecule has 0 spiro atoms. The van der Waals surface area contributed by atoms with Crippen molar-refractivity contribution in [2.24, 2.45) is 0 Å². The van der Waals surface area contributed by atoms with Crippen molar-refractivity contribution in [2.45, 2.75) is 31.3 Å². The van der Waals surface area contributed by atoms with Crippen LogP contribution in [0.15, 0.2) is 18.2 Å². The highest BCUT2D eigenvalue weighted by Gasteiger charge is 2.28. The van der Waals surface area contributed by atoms with E-state index < -0.39 is 5.60 Å². The van der Waals surface area contributed by atoms with E-state index in [0.29, 0.717) is 17.3 Å². The van der Waals surface area contributed by atoms with Crippen LogP contribution in [0.4, 0.5) is 0 Å². The topological polar surface area (TPSA) is 41.5 Å². The smallest absolute Gasteiger partial charge is 0.137 e. The van der Waals surface area contributed by atoms with Gasteiger partial charge in [-0.05, 0) is 49.9 Å². The van der Waals surface area contributed by atoms with Gasteiger partial charge in [-0.25, -0.2) is 0 Å². The number of benzene rings is 1. The Balaban J connectivity index is 1.95. The second kappa shape index (κ2) is 5.91. The van der Waals surface area contributed by atoms with Gasteiger partial charge in [-0.3, -0.25) is 0 Å². The average Bonchev–Trinajstić information content (AvgIpc) is 2.38. The van der Waals surface area contributed by atoms with Crippen LogP contribution in [0.5, 0.6) is 5.75 Å². The molecule has 1 aromatic rings. The van der Waals surface area contributed by atoms with Crippen molar-refractivity contribution in [3.8, 4) is 5.75 Å². The zero-order chi connectivity index (χ0) is 13.0. The van der Waals surface area contributed by atoms with Crippen molar-refractivity contribution in [1.29, 1.82) is 0 Å². The van der Waals surface area contributed by atoms with Crippen molar-refractivity contribution < 1.29 is 9.84 Å². The Morgan fingerprint density at radius 2 is 2.33 bits per heavy atom. The van der Waals surface area contributed by atoms with Gasteiger partial charge in [0.05, 0.1) is 17.7 Å². The van der Waals surface area contributed by atoms with E-state index in [0.717, 1.165) is 37.8 Å². The molecule has 4 heteroatoms. The third-order valence-electron chi connectivity index (χ3n) is 3.54.